The molecule has 2 rings (SSSR count). The Hall–Kier alpha value is -2.40. The van der Waals surface area contributed by atoms with E-state index in [-0.39, 0.29) is 11.4 Å². The van der Waals surface area contributed by atoms with Gasteiger partial charge in [-0.25, -0.2) is 0 Å². The van der Waals surface area contributed by atoms with Gasteiger partial charge in [0.25, 0.3) is 0 Å². The molecule has 0 radical (unpaired) electrons. The highest BCUT2D eigenvalue weighted by Crippen LogP contribution is 2.31. The molecule has 1 N–H and O–H groups in total. The second-order valence-corrected chi connectivity index (χ2v) is 4.00. The van der Waals surface area contributed by atoms with Crippen molar-refractivity contribution >= 4 is 5.69 Å². The summed E-state index contributed by atoms with van der Waals surface area (Å²) in [5, 5.41) is 21.1. The maximum Gasteiger partial charge on any atom is 0.311 e. The highest BCUT2D eigenvalue weighted by molar-refractivity contribution is 5.50. The van der Waals surface area contributed by atoms with E-state index in [0.29, 0.717) is 11.1 Å². The number of aliphatic hydroxyl groups is 1. The summed E-state index contributed by atoms with van der Waals surface area (Å²) in [4.78, 5) is 10.4. The zero-order valence-electron chi connectivity index (χ0n) is 10.3. The van der Waals surface area contributed by atoms with Crippen LogP contribution in [0, 0.1) is 10.1 Å². The van der Waals surface area contributed by atoms with E-state index in [0.717, 1.165) is 0 Å². The lowest BCUT2D eigenvalue weighted by atomic mass is 10.0. The van der Waals surface area contributed by atoms with E-state index >= 15 is 0 Å². The lowest BCUT2D eigenvalue weighted by Gasteiger charge is -2.12. The number of aliphatic hydroxyl groups excluding tert-OH is 1. The molecule has 5 heteroatoms. The summed E-state index contributed by atoms with van der Waals surface area (Å²) < 4.78 is 4.92. The van der Waals surface area contributed by atoms with Gasteiger partial charge in [0, 0.05) is 6.07 Å². The van der Waals surface area contributed by atoms with Crippen LogP contribution in [-0.2, 0) is 0 Å². The Kier molecular flexibility index (Phi) is 3.77. The first-order valence-corrected chi connectivity index (χ1v) is 5.69. The average molecular weight is 259 g/mol. The third-order valence-electron chi connectivity index (χ3n) is 2.83. The summed E-state index contributed by atoms with van der Waals surface area (Å²) in [5.74, 6) is 0.175. The van der Waals surface area contributed by atoms with Gasteiger partial charge < -0.3 is 9.84 Å². The van der Waals surface area contributed by atoms with Crippen LogP contribution in [0.2, 0.25) is 0 Å². The second-order valence-electron chi connectivity index (χ2n) is 4.00. The van der Waals surface area contributed by atoms with Crippen molar-refractivity contribution in [3.63, 3.8) is 0 Å². The number of nitro benzene ring substituents is 1. The van der Waals surface area contributed by atoms with Crippen LogP contribution in [0.15, 0.2) is 48.5 Å². The van der Waals surface area contributed by atoms with Gasteiger partial charge in [-0.15, -0.1) is 0 Å². The molecule has 0 aliphatic heterocycles. The molecule has 19 heavy (non-hydrogen) atoms. The van der Waals surface area contributed by atoms with Gasteiger partial charge >= 0.3 is 5.69 Å². The molecule has 0 heterocycles. The largest absolute Gasteiger partial charge is 0.490 e. The van der Waals surface area contributed by atoms with Crippen molar-refractivity contribution in [2.24, 2.45) is 0 Å². The number of benzene rings is 2. The molecule has 0 amide bonds. The third-order valence-corrected chi connectivity index (χ3v) is 2.83. The van der Waals surface area contributed by atoms with E-state index in [1.165, 1.54) is 19.2 Å². The van der Waals surface area contributed by atoms with Crippen molar-refractivity contribution in [3.8, 4) is 5.75 Å². The minimum absolute atomic E-state index is 0.157. The zero-order chi connectivity index (χ0) is 13.8. The minimum Gasteiger partial charge on any atom is -0.490 e. The standard InChI is InChI=1S/C14H13NO4/c1-19-13-8-7-11(9-12(13)15(17)18)14(16)10-5-3-2-4-6-10/h2-9,14,16H,1H3. The second kappa shape index (κ2) is 5.49. The quantitative estimate of drug-likeness (QED) is 0.676. The summed E-state index contributed by atoms with van der Waals surface area (Å²) in [5.41, 5.74) is 0.982. The molecule has 2 aromatic carbocycles. The Labute approximate surface area is 110 Å². The summed E-state index contributed by atoms with van der Waals surface area (Å²) in [6, 6.07) is 13.4. The third kappa shape index (κ3) is 2.71. The van der Waals surface area contributed by atoms with Crippen LogP contribution in [0.3, 0.4) is 0 Å². The van der Waals surface area contributed by atoms with Crippen molar-refractivity contribution < 1.29 is 14.8 Å². The van der Waals surface area contributed by atoms with Gasteiger partial charge in [0.05, 0.1) is 12.0 Å². The molecule has 0 fully saturated rings. The molecule has 0 aromatic heterocycles. The zero-order valence-corrected chi connectivity index (χ0v) is 10.3. The Morgan fingerprint density at radius 2 is 1.84 bits per heavy atom. The van der Waals surface area contributed by atoms with Crippen molar-refractivity contribution in [1.82, 2.24) is 0 Å². The predicted molar refractivity (Wildman–Crippen MR) is 70.2 cm³/mol. The number of ether oxygens (including phenoxy) is 1. The predicted octanol–water partition coefficient (Wildman–Crippen LogP) is 2.69. The van der Waals surface area contributed by atoms with E-state index in [2.05, 4.69) is 0 Å². The summed E-state index contributed by atoms with van der Waals surface area (Å²) in [6.07, 6.45) is -0.897. The molecule has 98 valence electrons. The van der Waals surface area contributed by atoms with Crippen LogP contribution in [0.4, 0.5) is 5.69 Å². The smallest absolute Gasteiger partial charge is 0.311 e. The van der Waals surface area contributed by atoms with E-state index in [4.69, 9.17) is 4.74 Å². The SMILES string of the molecule is COc1ccc(C(O)c2ccccc2)cc1[N+](=O)[O-]. The van der Waals surface area contributed by atoms with Crippen LogP contribution >= 0.6 is 0 Å². The lowest BCUT2D eigenvalue weighted by Crippen LogP contribution is -2.01. The van der Waals surface area contributed by atoms with Gasteiger partial charge in [-0.3, -0.25) is 10.1 Å². The van der Waals surface area contributed by atoms with Crippen LogP contribution < -0.4 is 4.74 Å². The first-order valence-electron chi connectivity index (χ1n) is 5.69. The number of nitrogens with zero attached hydrogens (tertiary/aromatic N) is 1. The van der Waals surface area contributed by atoms with E-state index in [1.807, 2.05) is 6.07 Å². The molecule has 0 spiro atoms. The fourth-order valence-electron chi connectivity index (χ4n) is 1.85. The minimum atomic E-state index is -0.897. The monoisotopic (exact) mass is 259 g/mol. The molecular formula is C14H13NO4. The molecule has 1 unspecified atom stereocenters. The van der Waals surface area contributed by atoms with Crippen LogP contribution in [0.5, 0.6) is 5.75 Å². The van der Waals surface area contributed by atoms with E-state index < -0.39 is 11.0 Å². The van der Waals surface area contributed by atoms with Crippen molar-refractivity contribution in [2.75, 3.05) is 7.11 Å². The van der Waals surface area contributed by atoms with Gasteiger partial charge in [-0.05, 0) is 17.2 Å². The Balaban J connectivity index is 2.41. The first-order chi connectivity index (χ1) is 9.13. The molecule has 0 saturated heterocycles. The van der Waals surface area contributed by atoms with Gasteiger partial charge in [-0.1, -0.05) is 36.4 Å². The highest BCUT2D eigenvalue weighted by atomic mass is 16.6. The summed E-state index contributed by atoms with van der Waals surface area (Å²) in [6.45, 7) is 0. The van der Waals surface area contributed by atoms with Crippen LogP contribution in [-0.4, -0.2) is 17.1 Å². The Morgan fingerprint density at radius 3 is 2.42 bits per heavy atom. The molecule has 2 aromatic rings. The maximum absolute atomic E-state index is 10.9. The normalized spacial score (nSPS) is 11.9. The number of hydrogen-bond donors (Lipinski definition) is 1. The molecule has 1 atom stereocenters. The van der Waals surface area contributed by atoms with Crippen molar-refractivity contribution in [2.45, 2.75) is 6.10 Å². The summed E-state index contributed by atoms with van der Waals surface area (Å²) >= 11 is 0. The highest BCUT2D eigenvalue weighted by Gasteiger charge is 2.19. The molecule has 0 aliphatic carbocycles. The fourth-order valence-corrected chi connectivity index (χ4v) is 1.85. The number of nitro groups is 1. The summed E-state index contributed by atoms with van der Waals surface area (Å²) in [7, 11) is 1.37. The maximum atomic E-state index is 10.9. The van der Waals surface area contributed by atoms with Gasteiger partial charge in [0.2, 0.25) is 0 Å². The van der Waals surface area contributed by atoms with Gasteiger partial charge in [0.1, 0.15) is 6.10 Å². The molecule has 0 saturated carbocycles. The topological polar surface area (TPSA) is 72.6 Å². The van der Waals surface area contributed by atoms with E-state index in [1.54, 1.807) is 30.3 Å². The van der Waals surface area contributed by atoms with E-state index in [9.17, 15) is 15.2 Å². The number of methoxy groups -OCH3 is 1. The van der Waals surface area contributed by atoms with Gasteiger partial charge in [0.15, 0.2) is 5.75 Å². The fraction of sp³-hybridized carbons (Fsp3) is 0.143. The molecule has 5 nitrogen and oxygen atoms in total. The molecular weight excluding hydrogens is 246 g/mol. The first kappa shape index (κ1) is 13.0. The lowest BCUT2D eigenvalue weighted by molar-refractivity contribution is -0.385. The number of hydrogen-bond acceptors (Lipinski definition) is 4. The molecule has 0 bridgehead atoms. The Bertz CT molecular complexity index is 583. The Morgan fingerprint density at radius 1 is 1.16 bits per heavy atom. The van der Waals surface area contributed by atoms with Crippen molar-refractivity contribution in [3.05, 3.63) is 69.8 Å². The van der Waals surface area contributed by atoms with Crippen molar-refractivity contribution in [1.29, 1.82) is 0 Å². The van der Waals surface area contributed by atoms with Crippen LogP contribution in [0.1, 0.15) is 17.2 Å². The molecule has 0 aliphatic rings. The average Bonchev–Trinajstić information content (AvgIpc) is 2.46. The van der Waals surface area contributed by atoms with Gasteiger partial charge in [-0.2, -0.15) is 0 Å². The van der Waals surface area contributed by atoms with Crippen LogP contribution in [0.25, 0.3) is 0 Å². The number of rotatable bonds is 4.